The van der Waals surface area contributed by atoms with E-state index in [1.165, 1.54) is 18.2 Å². The summed E-state index contributed by atoms with van der Waals surface area (Å²) >= 11 is 0. The lowest BCUT2D eigenvalue weighted by molar-refractivity contribution is -0.143. The van der Waals surface area contributed by atoms with Crippen LogP contribution in [-0.2, 0) is 15.7 Å². The lowest BCUT2D eigenvalue weighted by atomic mass is 9.89. The first-order valence-corrected chi connectivity index (χ1v) is 11.9. The molecule has 0 amide bonds. The molecule has 0 bridgehead atoms. The van der Waals surface area contributed by atoms with Gasteiger partial charge in [-0.2, -0.15) is 13.2 Å². The van der Waals surface area contributed by atoms with Crippen molar-refractivity contribution in [3.05, 3.63) is 54.1 Å². The van der Waals surface area contributed by atoms with Crippen LogP contribution in [0.1, 0.15) is 51.0 Å². The Hall–Kier alpha value is -2.36. The summed E-state index contributed by atoms with van der Waals surface area (Å²) in [6, 6.07) is 4.41. The van der Waals surface area contributed by atoms with Crippen LogP contribution >= 0.6 is 0 Å². The molecule has 0 aromatic heterocycles. The van der Waals surface area contributed by atoms with E-state index in [0.717, 1.165) is 18.6 Å². The van der Waals surface area contributed by atoms with Crippen molar-refractivity contribution in [2.24, 2.45) is 11.8 Å². The fraction of sp³-hybridized carbons (Fsp3) is 0.577. The molecule has 1 aliphatic carbocycles. The molecule has 3 N–H and O–H groups in total. The van der Waals surface area contributed by atoms with E-state index in [-0.39, 0.29) is 36.6 Å². The van der Waals surface area contributed by atoms with Gasteiger partial charge in [-0.05, 0) is 49.8 Å². The van der Waals surface area contributed by atoms with Crippen LogP contribution < -0.4 is 4.74 Å². The standard InChI is InChI=1S/C26H35F3O6/c1-2-14-34-25(33)11-6-4-3-5-10-21-22(24(32)16-23(21)31)13-12-19(30)17-35-20-9-7-8-18(15-20)26(27,28)29/h3,5,7-9,12-13,15,19,21-24,30-32H,2,4,6,10-11,14,16-17H2,1H3/b5-3+,13-12+. The lowest BCUT2D eigenvalue weighted by Gasteiger charge is -2.19. The molecule has 1 fully saturated rings. The monoisotopic (exact) mass is 500 g/mol. The maximum absolute atomic E-state index is 12.8. The molecule has 1 aromatic carbocycles. The second-order valence-corrected chi connectivity index (χ2v) is 8.72. The number of carbonyl (C=O) groups excluding carboxylic acids is 1. The first-order valence-electron chi connectivity index (χ1n) is 11.9. The van der Waals surface area contributed by atoms with E-state index < -0.39 is 30.1 Å². The van der Waals surface area contributed by atoms with Gasteiger partial charge in [0, 0.05) is 18.8 Å². The Morgan fingerprint density at radius 3 is 2.71 bits per heavy atom. The number of aliphatic hydroxyl groups excluding tert-OH is 3. The van der Waals surface area contributed by atoms with Crippen LogP contribution in [0.5, 0.6) is 5.75 Å². The van der Waals surface area contributed by atoms with E-state index in [0.29, 0.717) is 32.3 Å². The highest BCUT2D eigenvalue weighted by atomic mass is 19.4. The Labute approximate surface area is 204 Å². The Morgan fingerprint density at radius 2 is 2.00 bits per heavy atom. The van der Waals surface area contributed by atoms with Gasteiger partial charge in [0.25, 0.3) is 0 Å². The average molecular weight is 501 g/mol. The third-order valence-corrected chi connectivity index (χ3v) is 5.85. The summed E-state index contributed by atoms with van der Waals surface area (Å²) in [5.74, 6) is -0.855. The SMILES string of the molecule is CCCOC(=O)CCC/C=C/CC1C(O)CC(O)C1/C=C/C(O)COc1cccc(C(F)(F)F)c1. The van der Waals surface area contributed by atoms with Crippen LogP contribution in [0.25, 0.3) is 0 Å². The van der Waals surface area contributed by atoms with Gasteiger partial charge in [0.15, 0.2) is 0 Å². The van der Waals surface area contributed by atoms with Gasteiger partial charge in [-0.15, -0.1) is 0 Å². The number of hydrogen-bond donors (Lipinski definition) is 3. The summed E-state index contributed by atoms with van der Waals surface area (Å²) in [4.78, 5) is 11.5. The molecular weight excluding hydrogens is 465 g/mol. The summed E-state index contributed by atoms with van der Waals surface area (Å²) in [5, 5.41) is 30.8. The molecule has 0 aliphatic heterocycles. The fourth-order valence-electron chi connectivity index (χ4n) is 3.99. The van der Waals surface area contributed by atoms with Gasteiger partial charge in [0.1, 0.15) is 18.5 Å². The van der Waals surface area contributed by atoms with Crippen molar-refractivity contribution >= 4 is 5.97 Å². The molecule has 1 saturated carbocycles. The first kappa shape index (κ1) is 28.9. The number of halogens is 3. The normalized spacial score (nSPS) is 23.7. The molecular formula is C26H35F3O6. The van der Waals surface area contributed by atoms with Crippen molar-refractivity contribution in [3.8, 4) is 5.75 Å². The van der Waals surface area contributed by atoms with E-state index in [1.54, 1.807) is 6.08 Å². The maximum Gasteiger partial charge on any atom is 0.416 e. The zero-order chi connectivity index (χ0) is 25.8. The zero-order valence-electron chi connectivity index (χ0n) is 19.9. The topological polar surface area (TPSA) is 96.2 Å². The van der Waals surface area contributed by atoms with Gasteiger partial charge in [-0.25, -0.2) is 0 Å². The maximum atomic E-state index is 12.8. The number of alkyl halides is 3. The molecule has 0 radical (unpaired) electrons. The smallest absolute Gasteiger partial charge is 0.416 e. The number of carbonyl (C=O) groups is 1. The van der Waals surface area contributed by atoms with Gasteiger partial charge < -0.3 is 24.8 Å². The molecule has 1 aromatic rings. The molecule has 5 atom stereocenters. The number of hydrogen-bond acceptors (Lipinski definition) is 6. The van der Waals surface area contributed by atoms with E-state index in [4.69, 9.17) is 9.47 Å². The molecule has 0 saturated heterocycles. The third-order valence-electron chi connectivity index (χ3n) is 5.85. The minimum Gasteiger partial charge on any atom is -0.491 e. The van der Waals surface area contributed by atoms with Crippen LogP contribution in [0, 0.1) is 11.8 Å². The lowest BCUT2D eigenvalue weighted by Crippen LogP contribution is -2.21. The fourth-order valence-corrected chi connectivity index (χ4v) is 3.99. The Kier molecular flexibility index (Phi) is 11.8. The molecule has 0 heterocycles. The molecule has 196 valence electrons. The van der Waals surface area contributed by atoms with Crippen LogP contribution in [0.4, 0.5) is 13.2 Å². The van der Waals surface area contributed by atoms with E-state index in [1.807, 2.05) is 19.1 Å². The third kappa shape index (κ3) is 10.0. The Bertz CT molecular complexity index is 839. The molecule has 1 aliphatic rings. The largest absolute Gasteiger partial charge is 0.491 e. The van der Waals surface area contributed by atoms with Crippen LogP contribution in [0.15, 0.2) is 48.6 Å². The number of unbranched alkanes of at least 4 members (excludes halogenated alkanes) is 1. The molecule has 6 nitrogen and oxygen atoms in total. The van der Waals surface area contributed by atoms with E-state index in [9.17, 15) is 33.3 Å². The predicted octanol–water partition coefficient (Wildman–Crippen LogP) is 4.43. The number of ether oxygens (including phenoxy) is 2. The highest BCUT2D eigenvalue weighted by Gasteiger charge is 2.39. The van der Waals surface area contributed by atoms with Gasteiger partial charge in [0.05, 0.1) is 24.4 Å². The van der Waals surface area contributed by atoms with Gasteiger partial charge in [-0.1, -0.05) is 37.3 Å². The predicted molar refractivity (Wildman–Crippen MR) is 125 cm³/mol. The highest BCUT2D eigenvalue weighted by molar-refractivity contribution is 5.69. The number of benzene rings is 1. The van der Waals surface area contributed by atoms with Crippen LogP contribution in [0.3, 0.4) is 0 Å². The average Bonchev–Trinajstić information content (AvgIpc) is 3.08. The summed E-state index contributed by atoms with van der Waals surface area (Å²) in [6.07, 6.45) is 3.07. The van der Waals surface area contributed by atoms with Crippen molar-refractivity contribution in [2.45, 2.75) is 69.9 Å². The van der Waals surface area contributed by atoms with Crippen molar-refractivity contribution in [2.75, 3.05) is 13.2 Å². The number of rotatable bonds is 13. The zero-order valence-corrected chi connectivity index (χ0v) is 19.9. The Morgan fingerprint density at radius 1 is 1.23 bits per heavy atom. The minimum atomic E-state index is -4.48. The molecule has 9 heteroatoms. The Balaban J connectivity index is 1.81. The number of allylic oxidation sites excluding steroid dienone is 2. The molecule has 2 rings (SSSR count). The molecule has 0 spiro atoms. The van der Waals surface area contributed by atoms with E-state index in [2.05, 4.69) is 0 Å². The summed E-state index contributed by atoms with van der Waals surface area (Å²) < 4.78 is 48.7. The van der Waals surface area contributed by atoms with Crippen molar-refractivity contribution in [3.63, 3.8) is 0 Å². The molecule has 5 unspecified atom stereocenters. The number of esters is 1. The van der Waals surface area contributed by atoms with Gasteiger partial charge in [-0.3, -0.25) is 4.79 Å². The van der Waals surface area contributed by atoms with Crippen LogP contribution in [0.2, 0.25) is 0 Å². The van der Waals surface area contributed by atoms with Crippen LogP contribution in [-0.4, -0.2) is 52.8 Å². The van der Waals surface area contributed by atoms with Crippen molar-refractivity contribution in [1.29, 1.82) is 0 Å². The highest BCUT2D eigenvalue weighted by Crippen LogP contribution is 2.36. The second-order valence-electron chi connectivity index (χ2n) is 8.72. The summed E-state index contributed by atoms with van der Waals surface area (Å²) in [7, 11) is 0. The van der Waals surface area contributed by atoms with Gasteiger partial charge in [0.2, 0.25) is 0 Å². The van der Waals surface area contributed by atoms with Gasteiger partial charge >= 0.3 is 12.1 Å². The summed E-state index contributed by atoms with van der Waals surface area (Å²) in [6.45, 7) is 2.11. The quantitative estimate of drug-likeness (QED) is 0.211. The summed E-state index contributed by atoms with van der Waals surface area (Å²) in [5.41, 5.74) is -0.838. The second kappa shape index (κ2) is 14.3. The number of aliphatic hydroxyl groups is 3. The first-order chi connectivity index (χ1) is 16.6. The minimum absolute atomic E-state index is 0.00904. The van der Waals surface area contributed by atoms with Crippen molar-refractivity contribution in [1.82, 2.24) is 0 Å². The molecule has 35 heavy (non-hydrogen) atoms. The van der Waals surface area contributed by atoms with Crippen molar-refractivity contribution < 1.29 is 42.8 Å². The van der Waals surface area contributed by atoms with E-state index >= 15 is 0 Å².